The fourth-order valence-corrected chi connectivity index (χ4v) is 2.60. The zero-order valence-electron chi connectivity index (χ0n) is 10.1. The maximum Gasteiger partial charge on any atom is 0.249 e. The molecule has 0 saturated heterocycles. The molecular formula is C12H12N2O4S. The van der Waals surface area contributed by atoms with Gasteiger partial charge < -0.3 is 5.73 Å². The third kappa shape index (κ3) is 2.42. The second kappa shape index (κ2) is 4.60. The molecule has 0 heterocycles. The van der Waals surface area contributed by atoms with Crippen molar-refractivity contribution in [2.45, 2.75) is 18.4 Å². The van der Waals surface area contributed by atoms with E-state index in [0.717, 1.165) is 5.56 Å². The number of nitrogen functional groups attached to an aromatic ring is 1. The Morgan fingerprint density at radius 1 is 1.11 bits per heavy atom. The van der Waals surface area contributed by atoms with Crippen LogP contribution in [0.25, 0.3) is 0 Å². The van der Waals surface area contributed by atoms with Gasteiger partial charge in [0, 0.05) is 12.1 Å². The second-order valence-electron chi connectivity index (χ2n) is 4.19. The number of nitrogens with two attached hydrogens (primary N) is 1. The summed E-state index contributed by atoms with van der Waals surface area (Å²) >= 11 is 0. The van der Waals surface area contributed by atoms with E-state index in [1.807, 2.05) is 6.92 Å². The van der Waals surface area contributed by atoms with Crippen molar-refractivity contribution in [1.29, 1.82) is 0 Å². The number of hydrogen-bond acceptors (Lipinski definition) is 5. The van der Waals surface area contributed by atoms with Gasteiger partial charge >= 0.3 is 0 Å². The Bertz CT molecular complexity index is 784. The summed E-state index contributed by atoms with van der Waals surface area (Å²) in [6, 6.07) is 6.26. The van der Waals surface area contributed by atoms with E-state index in [2.05, 4.69) is 4.72 Å². The van der Waals surface area contributed by atoms with Crippen LogP contribution in [0.5, 0.6) is 0 Å². The molecule has 0 aliphatic carbocycles. The predicted molar refractivity (Wildman–Crippen MR) is 71.0 cm³/mol. The molecule has 0 bridgehead atoms. The monoisotopic (exact) mass is 280 g/mol. The molecule has 7 heteroatoms. The molecule has 0 amide bonds. The summed E-state index contributed by atoms with van der Waals surface area (Å²) in [5, 5.41) is 0. The summed E-state index contributed by atoms with van der Waals surface area (Å²) in [6.07, 6.45) is 0. The minimum Gasteiger partial charge on any atom is -0.395 e. The average molecular weight is 280 g/mol. The van der Waals surface area contributed by atoms with Gasteiger partial charge in [0.1, 0.15) is 0 Å². The number of benzene rings is 1. The molecule has 100 valence electrons. The van der Waals surface area contributed by atoms with Gasteiger partial charge in [0.2, 0.25) is 20.9 Å². The molecule has 0 radical (unpaired) electrons. The molecule has 0 fully saturated rings. The number of sulfonamides is 1. The average Bonchev–Trinajstić information content (AvgIpc) is 2.38. The first-order valence-electron chi connectivity index (χ1n) is 5.47. The number of nitrogens with one attached hydrogen (secondary N) is 1. The van der Waals surface area contributed by atoms with Crippen molar-refractivity contribution in [3.63, 3.8) is 0 Å². The Morgan fingerprint density at radius 3 is 2.21 bits per heavy atom. The Kier molecular flexibility index (Phi) is 3.25. The fraction of sp³-hybridized carbons (Fsp3) is 0.167. The first-order chi connectivity index (χ1) is 8.83. The molecule has 0 spiro atoms. The number of aryl methyl sites for hydroxylation is 1. The number of rotatable bonds is 4. The number of hydrogen-bond donors (Lipinski definition) is 2. The van der Waals surface area contributed by atoms with Gasteiger partial charge in [-0.15, -0.1) is 0 Å². The van der Waals surface area contributed by atoms with Crippen LogP contribution in [0.2, 0.25) is 0 Å². The predicted octanol–water partition coefficient (Wildman–Crippen LogP) is -0.348. The van der Waals surface area contributed by atoms with Crippen LogP contribution in [0.3, 0.4) is 0 Å². The zero-order valence-corrected chi connectivity index (χ0v) is 11.0. The van der Waals surface area contributed by atoms with E-state index in [0.29, 0.717) is 0 Å². The molecule has 0 unspecified atom stereocenters. The minimum absolute atomic E-state index is 0.0145. The largest absolute Gasteiger partial charge is 0.395 e. The van der Waals surface area contributed by atoms with Crippen LogP contribution in [0.1, 0.15) is 11.1 Å². The van der Waals surface area contributed by atoms with E-state index in [1.54, 1.807) is 12.1 Å². The molecule has 3 N–H and O–H groups in total. The lowest BCUT2D eigenvalue weighted by molar-refractivity contribution is 0.581. The van der Waals surface area contributed by atoms with Crippen molar-refractivity contribution in [3.8, 4) is 0 Å². The van der Waals surface area contributed by atoms with Crippen LogP contribution in [-0.2, 0) is 16.6 Å². The van der Waals surface area contributed by atoms with Crippen molar-refractivity contribution in [2.75, 3.05) is 5.73 Å². The second-order valence-corrected chi connectivity index (χ2v) is 5.96. The van der Waals surface area contributed by atoms with Crippen LogP contribution in [0, 0.1) is 6.92 Å². The van der Waals surface area contributed by atoms with Crippen molar-refractivity contribution in [3.05, 3.63) is 55.8 Å². The summed E-state index contributed by atoms with van der Waals surface area (Å²) in [7, 11) is -3.72. The van der Waals surface area contributed by atoms with Crippen molar-refractivity contribution in [2.24, 2.45) is 0 Å². The Hall–Kier alpha value is -1.99. The van der Waals surface area contributed by atoms with Gasteiger partial charge in [0.25, 0.3) is 0 Å². The van der Waals surface area contributed by atoms with Crippen molar-refractivity contribution >= 4 is 15.7 Å². The Labute approximate surface area is 109 Å². The van der Waals surface area contributed by atoms with Crippen LogP contribution in [0.4, 0.5) is 5.69 Å². The summed E-state index contributed by atoms with van der Waals surface area (Å²) in [6.45, 7) is 1.57. The minimum atomic E-state index is -3.72. The van der Waals surface area contributed by atoms with Gasteiger partial charge in [0.05, 0.1) is 10.6 Å². The molecule has 0 aliphatic rings. The molecule has 2 aromatic carbocycles. The molecule has 0 atom stereocenters. The summed E-state index contributed by atoms with van der Waals surface area (Å²) < 4.78 is 26.1. The maximum absolute atomic E-state index is 11.9. The summed E-state index contributed by atoms with van der Waals surface area (Å²) in [5.74, 6) is 0. The topological polar surface area (TPSA) is 106 Å². The molecule has 0 aromatic heterocycles. The van der Waals surface area contributed by atoms with E-state index in [-0.39, 0.29) is 22.7 Å². The third-order valence-electron chi connectivity index (χ3n) is 2.82. The van der Waals surface area contributed by atoms with Crippen LogP contribution >= 0.6 is 0 Å². The molecule has 0 saturated carbocycles. The molecule has 19 heavy (non-hydrogen) atoms. The van der Waals surface area contributed by atoms with E-state index in [4.69, 9.17) is 5.73 Å². The van der Waals surface area contributed by atoms with Gasteiger partial charge in [-0.1, -0.05) is 17.7 Å². The lowest BCUT2D eigenvalue weighted by Crippen LogP contribution is -2.41. The Balaban J connectivity index is 2.17. The zero-order chi connectivity index (χ0) is 14.2. The SMILES string of the molecule is Cc1ccc(S(=O)(=O)NCc2c(N)c(=O)c2=O)cc1. The van der Waals surface area contributed by atoms with Gasteiger partial charge in [-0.05, 0) is 19.1 Å². The molecule has 6 nitrogen and oxygen atoms in total. The van der Waals surface area contributed by atoms with Gasteiger partial charge in [0.15, 0.2) is 0 Å². The van der Waals surface area contributed by atoms with Crippen LogP contribution in [-0.4, -0.2) is 8.42 Å². The van der Waals surface area contributed by atoms with Gasteiger partial charge in [-0.25, -0.2) is 13.1 Å². The standard InChI is InChI=1S/C12H12N2O4S/c1-7-2-4-8(5-3-7)19(17,18)14-6-9-10(13)12(16)11(9)15/h2-5,14H,6,13H2,1H3. The molecule has 2 rings (SSSR count). The fourth-order valence-electron chi connectivity index (χ4n) is 1.60. The smallest absolute Gasteiger partial charge is 0.249 e. The first-order valence-corrected chi connectivity index (χ1v) is 6.95. The molecular weight excluding hydrogens is 268 g/mol. The highest BCUT2D eigenvalue weighted by Crippen LogP contribution is 2.11. The van der Waals surface area contributed by atoms with E-state index < -0.39 is 20.9 Å². The van der Waals surface area contributed by atoms with E-state index in [1.165, 1.54) is 12.1 Å². The highest BCUT2D eigenvalue weighted by Gasteiger charge is 2.20. The van der Waals surface area contributed by atoms with E-state index >= 15 is 0 Å². The van der Waals surface area contributed by atoms with Crippen molar-refractivity contribution in [1.82, 2.24) is 4.72 Å². The first kappa shape index (κ1) is 13.4. The quantitative estimate of drug-likeness (QED) is 0.745. The Morgan fingerprint density at radius 2 is 1.68 bits per heavy atom. The van der Waals surface area contributed by atoms with Crippen LogP contribution < -0.4 is 21.3 Å². The van der Waals surface area contributed by atoms with E-state index in [9.17, 15) is 18.0 Å². The van der Waals surface area contributed by atoms with Crippen LogP contribution in [0.15, 0.2) is 38.8 Å². The molecule has 0 aliphatic heterocycles. The maximum atomic E-state index is 11.9. The highest BCUT2D eigenvalue weighted by atomic mass is 32.2. The normalized spacial score (nSPS) is 11.8. The lowest BCUT2D eigenvalue weighted by Gasteiger charge is -2.09. The van der Waals surface area contributed by atoms with Gasteiger partial charge in [-0.2, -0.15) is 0 Å². The van der Waals surface area contributed by atoms with Crippen molar-refractivity contribution < 1.29 is 8.42 Å². The lowest BCUT2D eigenvalue weighted by atomic mass is 10.1. The number of anilines is 1. The van der Waals surface area contributed by atoms with Gasteiger partial charge in [-0.3, -0.25) is 9.59 Å². The summed E-state index contributed by atoms with van der Waals surface area (Å²) in [5.41, 5.74) is 4.61. The highest BCUT2D eigenvalue weighted by molar-refractivity contribution is 7.89. The third-order valence-corrected chi connectivity index (χ3v) is 4.24. The molecule has 2 aromatic rings. The summed E-state index contributed by atoms with van der Waals surface area (Å²) in [4.78, 5) is 22.1.